The van der Waals surface area contributed by atoms with Crippen molar-refractivity contribution in [3.63, 3.8) is 0 Å². The Bertz CT molecular complexity index is 424. The molecule has 1 heterocycles. The van der Waals surface area contributed by atoms with Gasteiger partial charge in [-0.25, -0.2) is 0 Å². The third kappa shape index (κ3) is 2.75. The predicted molar refractivity (Wildman–Crippen MR) is 71.8 cm³/mol. The summed E-state index contributed by atoms with van der Waals surface area (Å²) in [6.07, 6.45) is 4.59. The maximum absolute atomic E-state index is 12.4. The lowest BCUT2D eigenvalue weighted by Gasteiger charge is -2.21. The number of ether oxygens (including phenoxy) is 1. The van der Waals surface area contributed by atoms with Crippen LogP contribution in [-0.2, 0) is 0 Å². The molecule has 1 aromatic rings. The van der Waals surface area contributed by atoms with E-state index in [1.54, 1.807) is 25.3 Å². The number of amides is 1. The van der Waals surface area contributed by atoms with E-state index in [4.69, 9.17) is 10.5 Å². The molecule has 2 rings (SSSR count). The van der Waals surface area contributed by atoms with E-state index in [-0.39, 0.29) is 5.91 Å². The summed E-state index contributed by atoms with van der Waals surface area (Å²) in [6, 6.07) is 5.23. The molecule has 4 heteroatoms. The van der Waals surface area contributed by atoms with Crippen LogP contribution in [0.1, 0.15) is 36.0 Å². The van der Waals surface area contributed by atoms with Crippen molar-refractivity contribution in [3.05, 3.63) is 23.8 Å². The van der Waals surface area contributed by atoms with Crippen LogP contribution >= 0.6 is 0 Å². The minimum absolute atomic E-state index is 0.0389. The lowest BCUT2D eigenvalue weighted by atomic mass is 10.1. The van der Waals surface area contributed by atoms with Crippen molar-refractivity contribution in [2.75, 3.05) is 25.9 Å². The van der Waals surface area contributed by atoms with Gasteiger partial charge in [0.25, 0.3) is 5.91 Å². The van der Waals surface area contributed by atoms with Crippen molar-refractivity contribution in [1.82, 2.24) is 4.90 Å². The van der Waals surface area contributed by atoms with Crippen molar-refractivity contribution in [3.8, 4) is 5.75 Å². The van der Waals surface area contributed by atoms with Gasteiger partial charge in [-0.15, -0.1) is 0 Å². The first-order chi connectivity index (χ1) is 8.72. The van der Waals surface area contributed by atoms with Gasteiger partial charge in [0.2, 0.25) is 0 Å². The van der Waals surface area contributed by atoms with Gasteiger partial charge < -0.3 is 15.4 Å². The van der Waals surface area contributed by atoms with Crippen molar-refractivity contribution in [2.24, 2.45) is 0 Å². The van der Waals surface area contributed by atoms with Gasteiger partial charge in [0.05, 0.1) is 12.7 Å². The second-order valence-corrected chi connectivity index (χ2v) is 4.66. The molecule has 98 valence electrons. The average Bonchev–Trinajstić information content (AvgIpc) is 2.66. The van der Waals surface area contributed by atoms with E-state index in [9.17, 15) is 4.79 Å². The molecule has 0 atom stereocenters. The summed E-state index contributed by atoms with van der Waals surface area (Å²) >= 11 is 0. The zero-order chi connectivity index (χ0) is 13.0. The van der Waals surface area contributed by atoms with Gasteiger partial charge in [0.1, 0.15) is 5.75 Å². The van der Waals surface area contributed by atoms with E-state index in [1.807, 2.05) is 4.90 Å². The molecule has 0 bridgehead atoms. The van der Waals surface area contributed by atoms with E-state index in [0.29, 0.717) is 17.0 Å². The van der Waals surface area contributed by atoms with Gasteiger partial charge in [-0.3, -0.25) is 4.79 Å². The number of nitrogen functional groups attached to an aromatic ring is 1. The molecule has 1 aromatic carbocycles. The molecule has 0 aliphatic carbocycles. The molecule has 1 aliphatic heterocycles. The number of nitrogens with zero attached hydrogens (tertiary/aromatic N) is 1. The smallest absolute Gasteiger partial charge is 0.255 e. The summed E-state index contributed by atoms with van der Waals surface area (Å²) in [4.78, 5) is 14.3. The normalized spacial score (nSPS) is 16.2. The van der Waals surface area contributed by atoms with E-state index in [1.165, 1.54) is 12.8 Å². The number of anilines is 1. The summed E-state index contributed by atoms with van der Waals surface area (Å²) in [5, 5.41) is 0. The van der Waals surface area contributed by atoms with Crippen molar-refractivity contribution >= 4 is 11.6 Å². The summed E-state index contributed by atoms with van der Waals surface area (Å²) in [5.74, 6) is 0.719. The third-order valence-corrected chi connectivity index (χ3v) is 3.38. The van der Waals surface area contributed by atoms with E-state index >= 15 is 0 Å². The Morgan fingerprint density at radius 2 is 1.89 bits per heavy atom. The highest BCUT2D eigenvalue weighted by Crippen LogP contribution is 2.22. The van der Waals surface area contributed by atoms with E-state index in [2.05, 4.69) is 0 Å². The number of carbonyl (C=O) groups is 1. The van der Waals surface area contributed by atoms with Crippen molar-refractivity contribution in [2.45, 2.75) is 25.7 Å². The first-order valence-corrected chi connectivity index (χ1v) is 6.45. The first kappa shape index (κ1) is 12.7. The summed E-state index contributed by atoms with van der Waals surface area (Å²) in [6.45, 7) is 1.68. The van der Waals surface area contributed by atoms with Crippen molar-refractivity contribution < 1.29 is 9.53 Å². The fraction of sp³-hybridized carbons (Fsp3) is 0.500. The maximum Gasteiger partial charge on any atom is 0.255 e. The quantitative estimate of drug-likeness (QED) is 0.817. The van der Waals surface area contributed by atoms with Gasteiger partial charge in [0, 0.05) is 24.8 Å². The van der Waals surface area contributed by atoms with Crippen LogP contribution in [0, 0.1) is 0 Å². The molecule has 4 nitrogen and oxygen atoms in total. The number of methoxy groups -OCH3 is 1. The summed E-state index contributed by atoms with van der Waals surface area (Å²) < 4.78 is 5.09. The minimum Gasteiger partial charge on any atom is -0.497 e. The third-order valence-electron chi connectivity index (χ3n) is 3.38. The minimum atomic E-state index is 0.0389. The molecule has 0 unspecified atom stereocenters. The topological polar surface area (TPSA) is 55.6 Å². The zero-order valence-electron chi connectivity index (χ0n) is 10.8. The molecule has 1 saturated heterocycles. The fourth-order valence-electron chi connectivity index (χ4n) is 2.31. The molecule has 0 aromatic heterocycles. The number of carbonyl (C=O) groups excluding carboxylic acids is 1. The number of rotatable bonds is 2. The van der Waals surface area contributed by atoms with E-state index in [0.717, 1.165) is 25.9 Å². The monoisotopic (exact) mass is 248 g/mol. The van der Waals surface area contributed by atoms with Crippen LogP contribution in [0.3, 0.4) is 0 Å². The van der Waals surface area contributed by atoms with Crippen molar-refractivity contribution in [1.29, 1.82) is 0 Å². The highest BCUT2D eigenvalue weighted by molar-refractivity contribution is 5.99. The highest BCUT2D eigenvalue weighted by Gasteiger charge is 2.19. The average molecular weight is 248 g/mol. The molecule has 1 aliphatic rings. The molecule has 0 spiro atoms. The molecule has 18 heavy (non-hydrogen) atoms. The highest BCUT2D eigenvalue weighted by atomic mass is 16.5. The van der Waals surface area contributed by atoms with Crippen LogP contribution in [-0.4, -0.2) is 31.0 Å². The molecular formula is C14H20N2O2. The number of likely N-dealkylation sites (tertiary alicyclic amines) is 1. The number of hydrogen-bond donors (Lipinski definition) is 1. The number of hydrogen-bond acceptors (Lipinski definition) is 3. The summed E-state index contributed by atoms with van der Waals surface area (Å²) in [7, 11) is 1.59. The van der Waals surface area contributed by atoms with Gasteiger partial charge in [-0.2, -0.15) is 0 Å². The molecule has 1 fully saturated rings. The Labute approximate surface area is 108 Å². The Morgan fingerprint density at radius 1 is 1.22 bits per heavy atom. The number of benzene rings is 1. The fourth-order valence-corrected chi connectivity index (χ4v) is 2.31. The van der Waals surface area contributed by atoms with Crippen LogP contribution in [0.25, 0.3) is 0 Å². The Hall–Kier alpha value is -1.71. The SMILES string of the molecule is COc1ccc(C(=O)N2CCCCCC2)c(N)c1. The maximum atomic E-state index is 12.4. The molecular weight excluding hydrogens is 228 g/mol. The van der Waals surface area contributed by atoms with Crippen LogP contribution in [0.5, 0.6) is 5.75 Å². The number of nitrogens with two attached hydrogens (primary N) is 1. The lowest BCUT2D eigenvalue weighted by molar-refractivity contribution is 0.0762. The molecule has 0 saturated carbocycles. The second kappa shape index (κ2) is 5.76. The molecule has 2 N–H and O–H groups in total. The molecule has 1 amide bonds. The largest absolute Gasteiger partial charge is 0.497 e. The Balaban J connectivity index is 2.16. The van der Waals surface area contributed by atoms with Crippen LogP contribution in [0.2, 0.25) is 0 Å². The first-order valence-electron chi connectivity index (χ1n) is 6.45. The van der Waals surface area contributed by atoms with Gasteiger partial charge in [-0.05, 0) is 25.0 Å². The van der Waals surface area contributed by atoms with E-state index < -0.39 is 0 Å². The lowest BCUT2D eigenvalue weighted by Crippen LogP contribution is -2.32. The van der Waals surface area contributed by atoms with Gasteiger partial charge in [-0.1, -0.05) is 12.8 Å². The summed E-state index contributed by atoms with van der Waals surface area (Å²) in [5.41, 5.74) is 6.99. The predicted octanol–water partition coefficient (Wildman–Crippen LogP) is 2.29. The Kier molecular flexibility index (Phi) is 4.07. The Morgan fingerprint density at radius 3 is 2.44 bits per heavy atom. The van der Waals surface area contributed by atoms with Crippen LogP contribution in [0.4, 0.5) is 5.69 Å². The second-order valence-electron chi connectivity index (χ2n) is 4.66. The van der Waals surface area contributed by atoms with Gasteiger partial charge >= 0.3 is 0 Å². The van der Waals surface area contributed by atoms with Gasteiger partial charge in [0.15, 0.2) is 0 Å². The molecule has 0 radical (unpaired) electrons. The van der Waals surface area contributed by atoms with Crippen LogP contribution < -0.4 is 10.5 Å². The zero-order valence-corrected chi connectivity index (χ0v) is 10.8. The van der Waals surface area contributed by atoms with Crippen LogP contribution in [0.15, 0.2) is 18.2 Å². The standard InChI is InChI=1S/C14H20N2O2/c1-18-11-6-7-12(13(15)10-11)14(17)16-8-4-2-3-5-9-16/h6-7,10H,2-5,8-9,15H2,1H3.